The van der Waals surface area contributed by atoms with Crippen LogP contribution in [0.25, 0.3) is 0 Å². The summed E-state index contributed by atoms with van der Waals surface area (Å²) in [5, 5.41) is 0. The lowest BCUT2D eigenvalue weighted by molar-refractivity contribution is -0.0486. The van der Waals surface area contributed by atoms with Crippen LogP contribution < -0.4 is 0 Å². The van der Waals surface area contributed by atoms with Gasteiger partial charge in [0, 0.05) is 19.5 Å². The Labute approximate surface area is 108 Å². The summed E-state index contributed by atoms with van der Waals surface area (Å²) < 4.78 is 12.4. The van der Waals surface area contributed by atoms with E-state index in [9.17, 15) is 4.79 Å². The highest BCUT2D eigenvalue weighted by atomic mass is 16.5. The fourth-order valence-corrected chi connectivity index (χ4v) is 1.41. The lowest BCUT2D eigenvalue weighted by atomic mass is 10.1. The number of rotatable bonds is 6. The number of nitrogens with zero attached hydrogens (tertiary/aromatic N) is 2. The van der Waals surface area contributed by atoms with Gasteiger partial charge in [-0.3, -0.25) is 9.36 Å². The molecule has 0 bridgehead atoms. The van der Waals surface area contributed by atoms with Gasteiger partial charge in [0.1, 0.15) is 11.9 Å². The molecule has 1 rings (SSSR count). The quantitative estimate of drug-likeness (QED) is 0.780. The van der Waals surface area contributed by atoms with E-state index in [2.05, 4.69) is 4.98 Å². The summed E-state index contributed by atoms with van der Waals surface area (Å²) in [6.45, 7) is 7.96. The van der Waals surface area contributed by atoms with Crippen LogP contribution in [-0.2, 0) is 9.47 Å². The summed E-state index contributed by atoms with van der Waals surface area (Å²) in [5.41, 5.74) is -1.11. The first-order valence-electron chi connectivity index (χ1n) is 6.00. The van der Waals surface area contributed by atoms with Crippen molar-refractivity contribution in [2.24, 2.45) is 0 Å². The van der Waals surface area contributed by atoms with Gasteiger partial charge in [0.2, 0.25) is 0 Å². The maximum absolute atomic E-state index is 12.1. The monoisotopic (exact) mass is 254 g/mol. The van der Waals surface area contributed by atoms with Crippen LogP contribution in [0.4, 0.5) is 0 Å². The second-order valence-corrected chi connectivity index (χ2v) is 5.35. The molecule has 0 spiro atoms. The smallest absolute Gasteiger partial charge is 0.263 e. The van der Waals surface area contributed by atoms with Crippen molar-refractivity contribution in [3.63, 3.8) is 0 Å². The van der Waals surface area contributed by atoms with Gasteiger partial charge in [-0.2, -0.15) is 0 Å². The highest BCUT2D eigenvalue weighted by Gasteiger charge is 2.30. The molecular formula is C13H22N2O3. The molecule has 18 heavy (non-hydrogen) atoms. The number of ether oxygens (including phenoxy) is 2. The molecule has 102 valence electrons. The number of aromatic nitrogens is 2. The van der Waals surface area contributed by atoms with Gasteiger partial charge in [-0.05, 0) is 34.1 Å². The average Bonchev–Trinajstić information content (AvgIpc) is 2.80. The van der Waals surface area contributed by atoms with E-state index >= 15 is 0 Å². The number of hydrogen-bond acceptors (Lipinski definition) is 4. The van der Waals surface area contributed by atoms with Crippen LogP contribution in [-0.4, -0.2) is 40.4 Å². The third-order valence-corrected chi connectivity index (χ3v) is 2.97. The standard InChI is InChI=1S/C13H22N2O3/c1-12(2,17-5)6-9-18-13(3,4)11(16)15-8-7-14-10-15/h7-8,10H,6,9H2,1-5H3. The van der Waals surface area contributed by atoms with Crippen LogP contribution in [0.2, 0.25) is 0 Å². The number of hydrogen-bond donors (Lipinski definition) is 0. The molecule has 0 aromatic carbocycles. The maximum Gasteiger partial charge on any atom is 0.263 e. The minimum absolute atomic E-state index is 0.129. The Morgan fingerprint density at radius 2 is 2.00 bits per heavy atom. The zero-order valence-electron chi connectivity index (χ0n) is 11.8. The van der Waals surface area contributed by atoms with E-state index in [0.717, 1.165) is 6.42 Å². The second-order valence-electron chi connectivity index (χ2n) is 5.35. The highest BCUT2D eigenvalue weighted by Crippen LogP contribution is 2.17. The van der Waals surface area contributed by atoms with E-state index in [1.807, 2.05) is 13.8 Å². The van der Waals surface area contributed by atoms with Gasteiger partial charge in [-0.15, -0.1) is 0 Å². The van der Waals surface area contributed by atoms with Crippen molar-refractivity contribution in [3.05, 3.63) is 18.7 Å². The molecule has 0 saturated heterocycles. The normalized spacial score (nSPS) is 12.7. The number of methoxy groups -OCH3 is 1. The van der Waals surface area contributed by atoms with E-state index in [4.69, 9.17) is 9.47 Å². The molecule has 0 amide bonds. The van der Waals surface area contributed by atoms with Crippen molar-refractivity contribution in [3.8, 4) is 0 Å². The van der Waals surface area contributed by atoms with Crippen molar-refractivity contribution < 1.29 is 14.3 Å². The van der Waals surface area contributed by atoms with E-state index in [0.29, 0.717) is 6.61 Å². The van der Waals surface area contributed by atoms with Gasteiger partial charge < -0.3 is 9.47 Å². The molecule has 1 aromatic rings. The van der Waals surface area contributed by atoms with Crippen molar-refractivity contribution in [1.82, 2.24) is 9.55 Å². The highest BCUT2D eigenvalue weighted by molar-refractivity contribution is 5.86. The van der Waals surface area contributed by atoms with E-state index in [1.54, 1.807) is 33.4 Å². The first kappa shape index (κ1) is 14.9. The Hall–Kier alpha value is -1.20. The molecule has 0 atom stereocenters. The van der Waals surface area contributed by atoms with Crippen molar-refractivity contribution in [2.45, 2.75) is 45.3 Å². The average molecular weight is 254 g/mol. The molecule has 0 aliphatic carbocycles. The van der Waals surface area contributed by atoms with Gasteiger partial charge >= 0.3 is 0 Å². The Balaban J connectivity index is 2.52. The minimum Gasteiger partial charge on any atom is -0.379 e. The molecule has 0 aliphatic rings. The zero-order valence-corrected chi connectivity index (χ0v) is 11.8. The molecule has 1 heterocycles. The molecule has 0 unspecified atom stereocenters. The van der Waals surface area contributed by atoms with Gasteiger partial charge in [-0.25, -0.2) is 4.98 Å². The number of carbonyl (C=O) groups excluding carboxylic acids is 1. The van der Waals surface area contributed by atoms with E-state index in [1.165, 1.54) is 10.9 Å². The predicted molar refractivity (Wildman–Crippen MR) is 68.6 cm³/mol. The van der Waals surface area contributed by atoms with Crippen LogP contribution in [0, 0.1) is 0 Å². The SMILES string of the molecule is COC(C)(C)CCOC(C)(C)C(=O)n1ccnc1. The first-order valence-corrected chi connectivity index (χ1v) is 6.00. The third kappa shape index (κ3) is 3.92. The zero-order chi connectivity index (χ0) is 13.8. The van der Waals surface area contributed by atoms with Crippen LogP contribution in [0.3, 0.4) is 0 Å². The van der Waals surface area contributed by atoms with Crippen LogP contribution in [0.15, 0.2) is 18.7 Å². The second kappa shape index (κ2) is 5.63. The molecule has 0 saturated carbocycles. The molecule has 0 aliphatic heterocycles. The molecule has 0 N–H and O–H groups in total. The Morgan fingerprint density at radius 3 is 2.50 bits per heavy atom. The Bertz CT molecular complexity index is 383. The summed E-state index contributed by atoms with van der Waals surface area (Å²) in [5.74, 6) is -0.129. The molecule has 1 aromatic heterocycles. The van der Waals surface area contributed by atoms with Gasteiger partial charge in [0.15, 0.2) is 0 Å². The predicted octanol–water partition coefficient (Wildman–Crippen LogP) is 2.13. The summed E-state index contributed by atoms with van der Waals surface area (Å²) in [7, 11) is 1.67. The van der Waals surface area contributed by atoms with E-state index in [-0.39, 0.29) is 11.5 Å². The number of carbonyl (C=O) groups is 1. The maximum atomic E-state index is 12.1. The molecule has 5 nitrogen and oxygen atoms in total. The van der Waals surface area contributed by atoms with Crippen LogP contribution in [0.1, 0.15) is 38.9 Å². The summed E-state index contributed by atoms with van der Waals surface area (Å²) >= 11 is 0. The van der Waals surface area contributed by atoms with E-state index < -0.39 is 5.60 Å². The van der Waals surface area contributed by atoms with Gasteiger partial charge in [-0.1, -0.05) is 0 Å². The first-order chi connectivity index (χ1) is 8.28. The minimum atomic E-state index is -0.871. The van der Waals surface area contributed by atoms with Crippen molar-refractivity contribution in [1.29, 1.82) is 0 Å². The fourth-order valence-electron chi connectivity index (χ4n) is 1.41. The van der Waals surface area contributed by atoms with Gasteiger partial charge in [0.25, 0.3) is 5.91 Å². The Morgan fingerprint density at radius 1 is 1.33 bits per heavy atom. The number of imidazole rings is 1. The summed E-state index contributed by atoms with van der Waals surface area (Å²) in [4.78, 5) is 16.0. The van der Waals surface area contributed by atoms with Crippen LogP contribution in [0.5, 0.6) is 0 Å². The third-order valence-electron chi connectivity index (χ3n) is 2.97. The molecule has 0 radical (unpaired) electrons. The Kier molecular flexibility index (Phi) is 4.65. The van der Waals surface area contributed by atoms with Gasteiger partial charge in [0.05, 0.1) is 12.2 Å². The molecule has 0 fully saturated rings. The summed E-state index contributed by atoms with van der Waals surface area (Å²) in [6.07, 6.45) is 5.39. The molecule has 5 heteroatoms. The fraction of sp³-hybridized carbons (Fsp3) is 0.692. The topological polar surface area (TPSA) is 53.4 Å². The van der Waals surface area contributed by atoms with Crippen LogP contribution >= 0.6 is 0 Å². The van der Waals surface area contributed by atoms with Crippen molar-refractivity contribution >= 4 is 5.91 Å². The lowest BCUT2D eigenvalue weighted by Gasteiger charge is -2.27. The van der Waals surface area contributed by atoms with Crippen molar-refractivity contribution in [2.75, 3.05) is 13.7 Å². The summed E-state index contributed by atoms with van der Waals surface area (Å²) in [6, 6.07) is 0. The molecular weight excluding hydrogens is 232 g/mol. The lowest BCUT2D eigenvalue weighted by Crippen LogP contribution is -2.40. The largest absolute Gasteiger partial charge is 0.379 e.